The van der Waals surface area contributed by atoms with Gasteiger partial charge in [-0.05, 0) is 48.5 Å². The molecule has 0 saturated heterocycles. The Balaban J connectivity index is 1.45. The van der Waals surface area contributed by atoms with Gasteiger partial charge in [0.15, 0.2) is 0 Å². The Hall–Kier alpha value is -5.78. The van der Waals surface area contributed by atoms with Gasteiger partial charge in [0.2, 0.25) is 0 Å². The van der Waals surface area contributed by atoms with E-state index in [1.807, 2.05) is 60.7 Å². The quantitative estimate of drug-likeness (QED) is 0.256. The summed E-state index contributed by atoms with van der Waals surface area (Å²) < 4.78 is 48.0. The molecule has 0 bridgehead atoms. The van der Waals surface area contributed by atoms with Gasteiger partial charge < -0.3 is 48.5 Å². The second-order valence-corrected chi connectivity index (χ2v) is 10.9. The van der Waals surface area contributed by atoms with Gasteiger partial charge in [-0.25, -0.2) is 9.98 Å². The molecule has 0 unspecified atom stereocenters. The van der Waals surface area contributed by atoms with E-state index in [0.717, 1.165) is 0 Å². The fourth-order valence-electron chi connectivity index (χ4n) is 4.96. The summed E-state index contributed by atoms with van der Waals surface area (Å²) in [5.74, 6) is 4.84. The molecule has 4 aromatic rings. The summed E-state index contributed by atoms with van der Waals surface area (Å²) in [6.07, 6.45) is 3.15. The average Bonchev–Trinajstić information content (AvgIpc) is 3.11. The molecule has 12 nitrogen and oxygen atoms in total. The largest absolute Gasteiger partial charge is 0.497 e. The van der Waals surface area contributed by atoms with Crippen LogP contribution in [0.4, 0.5) is 22.7 Å². The van der Waals surface area contributed by atoms with Gasteiger partial charge in [0.1, 0.15) is 89.2 Å². The molecule has 244 valence electrons. The SMILES string of the molecule is COc1ccc2c(c1)N=CNc1cc(OC)ccc1OCC1(CO2)COc2ccc(OC)cc2N=CNc2cc(OC)ccc2OC1. The normalized spacial score (nSPS) is 17.1. The Kier molecular flexibility index (Phi) is 9.37. The predicted molar refractivity (Wildman–Crippen MR) is 180 cm³/mol. The van der Waals surface area contributed by atoms with Crippen molar-refractivity contribution in [2.24, 2.45) is 15.4 Å². The molecule has 2 aliphatic rings. The van der Waals surface area contributed by atoms with Crippen molar-refractivity contribution in [3.8, 4) is 46.0 Å². The van der Waals surface area contributed by atoms with Crippen LogP contribution in [0.1, 0.15) is 0 Å². The molecule has 1 spiro atoms. The molecule has 0 radical (unpaired) electrons. The van der Waals surface area contributed by atoms with E-state index in [0.29, 0.717) is 68.7 Å². The van der Waals surface area contributed by atoms with Gasteiger partial charge in [-0.15, -0.1) is 0 Å². The molecule has 0 aliphatic carbocycles. The molecule has 0 amide bonds. The third-order valence-corrected chi connectivity index (χ3v) is 7.69. The molecule has 6 rings (SSSR count). The fraction of sp³-hybridized carbons (Fsp3) is 0.257. The van der Waals surface area contributed by atoms with Gasteiger partial charge in [0, 0.05) is 24.3 Å². The third kappa shape index (κ3) is 7.22. The number of methoxy groups -OCH3 is 4. The van der Waals surface area contributed by atoms with Crippen LogP contribution in [0.15, 0.2) is 82.8 Å². The predicted octanol–water partition coefficient (Wildman–Crippen LogP) is 6.49. The first kappa shape index (κ1) is 31.2. The van der Waals surface area contributed by atoms with Crippen molar-refractivity contribution in [3.05, 3.63) is 72.8 Å². The number of rotatable bonds is 4. The standard InChI is InChI=1S/C35H36N4O8/c1-40-23-5-9-31-27(13-23)36-21-37-28-14-24(41-2)6-10-32(28)45-18-35(17-44-31)19-46-33-11-7-25(42-3)15-29(33)38-22-39-30-16-26(43-4)8-12-34(30)47-20-35/h5-16,21-22H,17-20H2,1-4H3,(H,36,37)(H,38,39). The van der Waals surface area contributed by atoms with Crippen molar-refractivity contribution >= 4 is 35.4 Å². The Bertz CT molecular complexity index is 1650. The number of nitrogens with one attached hydrogen (secondary N) is 2. The van der Waals surface area contributed by atoms with Gasteiger partial charge in [-0.1, -0.05) is 0 Å². The minimum atomic E-state index is -0.866. The molecule has 4 aromatic carbocycles. The highest BCUT2D eigenvalue weighted by Gasteiger charge is 2.37. The van der Waals surface area contributed by atoms with Gasteiger partial charge in [-0.3, -0.25) is 0 Å². The summed E-state index contributed by atoms with van der Waals surface area (Å²) in [6.45, 7) is 0.609. The van der Waals surface area contributed by atoms with Gasteiger partial charge in [-0.2, -0.15) is 0 Å². The fourth-order valence-corrected chi connectivity index (χ4v) is 4.96. The molecule has 2 N–H and O–H groups in total. The zero-order valence-corrected chi connectivity index (χ0v) is 26.6. The van der Waals surface area contributed by atoms with E-state index in [1.54, 1.807) is 53.2 Å². The number of aliphatic imine (C=N–C) groups is 2. The Morgan fingerprint density at radius 2 is 0.830 bits per heavy atom. The van der Waals surface area contributed by atoms with Crippen LogP contribution in [-0.4, -0.2) is 67.5 Å². The lowest BCUT2D eigenvalue weighted by molar-refractivity contribution is -0.00293. The first-order chi connectivity index (χ1) is 23.0. The van der Waals surface area contributed by atoms with Crippen LogP contribution in [0.5, 0.6) is 46.0 Å². The molecule has 0 fully saturated rings. The number of benzene rings is 4. The van der Waals surface area contributed by atoms with Gasteiger partial charge in [0.25, 0.3) is 0 Å². The van der Waals surface area contributed by atoms with E-state index in [2.05, 4.69) is 20.6 Å². The maximum Gasteiger partial charge on any atom is 0.145 e. The molecular formula is C35H36N4O8. The Morgan fingerprint density at radius 3 is 1.21 bits per heavy atom. The van der Waals surface area contributed by atoms with Crippen LogP contribution in [0, 0.1) is 5.41 Å². The number of nitrogens with zero attached hydrogens (tertiary/aromatic N) is 2. The summed E-state index contributed by atoms with van der Waals surface area (Å²) in [5.41, 5.74) is 1.60. The van der Waals surface area contributed by atoms with E-state index in [9.17, 15) is 0 Å². The molecule has 12 heteroatoms. The Labute approximate surface area is 272 Å². The van der Waals surface area contributed by atoms with Crippen molar-refractivity contribution in [2.75, 3.05) is 65.5 Å². The molecule has 0 aromatic heterocycles. The van der Waals surface area contributed by atoms with Crippen molar-refractivity contribution < 1.29 is 37.9 Å². The van der Waals surface area contributed by atoms with E-state index >= 15 is 0 Å². The lowest BCUT2D eigenvalue weighted by atomic mass is 9.91. The lowest BCUT2D eigenvalue weighted by Gasteiger charge is -2.34. The molecule has 47 heavy (non-hydrogen) atoms. The van der Waals surface area contributed by atoms with Crippen molar-refractivity contribution in [1.29, 1.82) is 0 Å². The van der Waals surface area contributed by atoms with E-state index < -0.39 is 5.41 Å². The topological polar surface area (TPSA) is 123 Å². The Morgan fingerprint density at radius 1 is 0.489 bits per heavy atom. The average molecular weight is 641 g/mol. The van der Waals surface area contributed by atoms with E-state index in [4.69, 9.17) is 37.9 Å². The number of anilines is 2. The summed E-state index contributed by atoms with van der Waals surface area (Å²) in [6, 6.07) is 21.9. The maximum atomic E-state index is 6.53. The highest BCUT2D eigenvalue weighted by atomic mass is 16.5. The van der Waals surface area contributed by atoms with Crippen LogP contribution in [0.25, 0.3) is 0 Å². The first-order valence-electron chi connectivity index (χ1n) is 14.8. The number of hydrogen-bond acceptors (Lipinski definition) is 12. The molecule has 2 heterocycles. The third-order valence-electron chi connectivity index (χ3n) is 7.69. The minimum Gasteiger partial charge on any atom is -0.497 e. The summed E-state index contributed by atoms with van der Waals surface area (Å²) in [7, 11) is 6.43. The highest BCUT2D eigenvalue weighted by Crippen LogP contribution is 2.39. The number of hydrogen-bond donors (Lipinski definition) is 2. The summed E-state index contributed by atoms with van der Waals surface area (Å²) >= 11 is 0. The lowest BCUT2D eigenvalue weighted by Crippen LogP contribution is -2.45. The number of fused-ring (bicyclic) bond motifs is 4. The smallest absolute Gasteiger partial charge is 0.145 e. The van der Waals surface area contributed by atoms with Crippen molar-refractivity contribution in [1.82, 2.24) is 0 Å². The molecule has 0 saturated carbocycles. The summed E-state index contributed by atoms with van der Waals surface area (Å²) in [5, 5.41) is 6.45. The highest BCUT2D eigenvalue weighted by molar-refractivity contribution is 5.83. The number of ether oxygens (including phenoxy) is 8. The second-order valence-electron chi connectivity index (χ2n) is 10.9. The van der Waals surface area contributed by atoms with E-state index in [-0.39, 0.29) is 26.4 Å². The molecular weight excluding hydrogens is 604 g/mol. The van der Waals surface area contributed by atoms with Gasteiger partial charge in [0.05, 0.1) is 52.5 Å². The van der Waals surface area contributed by atoms with Crippen LogP contribution in [0.3, 0.4) is 0 Å². The van der Waals surface area contributed by atoms with Crippen molar-refractivity contribution in [2.45, 2.75) is 0 Å². The molecule has 0 atom stereocenters. The maximum absolute atomic E-state index is 6.53. The first-order valence-corrected chi connectivity index (χ1v) is 14.8. The molecule has 2 aliphatic heterocycles. The van der Waals surface area contributed by atoms with Gasteiger partial charge >= 0.3 is 0 Å². The van der Waals surface area contributed by atoms with Crippen LogP contribution >= 0.6 is 0 Å². The van der Waals surface area contributed by atoms with Crippen LogP contribution < -0.4 is 48.5 Å². The van der Waals surface area contributed by atoms with Crippen LogP contribution in [-0.2, 0) is 0 Å². The summed E-state index contributed by atoms with van der Waals surface area (Å²) in [4.78, 5) is 9.29. The van der Waals surface area contributed by atoms with Crippen molar-refractivity contribution in [3.63, 3.8) is 0 Å². The van der Waals surface area contributed by atoms with Crippen LogP contribution in [0.2, 0.25) is 0 Å². The zero-order chi connectivity index (χ0) is 32.6. The zero-order valence-electron chi connectivity index (χ0n) is 26.6. The second kappa shape index (κ2) is 14.1. The van der Waals surface area contributed by atoms with E-state index in [1.165, 1.54) is 0 Å². The minimum absolute atomic E-state index is 0.147. The monoisotopic (exact) mass is 640 g/mol.